The number of rotatable bonds is 7. The quantitative estimate of drug-likeness (QED) is 0.695. The Kier molecular flexibility index (Phi) is 5.41. The summed E-state index contributed by atoms with van der Waals surface area (Å²) in [4.78, 5) is 17.0. The molecule has 1 amide bonds. The average molecular weight is 391 g/mol. The van der Waals surface area contributed by atoms with Crippen molar-refractivity contribution in [2.45, 2.75) is 49.9 Å². The molecule has 140 valence electrons. The first-order valence-corrected chi connectivity index (χ1v) is 11.4. The van der Waals surface area contributed by atoms with Crippen molar-refractivity contribution in [1.82, 2.24) is 10.3 Å². The number of carbonyl (C=O) groups is 1. The number of thiazole rings is 1. The zero-order valence-corrected chi connectivity index (χ0v) is 17.0. The molecule has 26 heavy (non-hydrogen) atoms. The molecule has 0 saturated heterocycles. The van der Waals surface area contributed by atoms with Crippen molar-refractivity contribution in [3.63, 3.8) is 0 Å². The lowest BCUT2D eigenvalue weighted by molar-refractivity contribution is -0.119. The Bertz CT molecular complexity index is 791. The van der Waals surface area contributed by atoms with E-state index in [1.807, 2.05) is 25.1 Å². The molecule has 2 saturated carbocycles. The van der Waals surface area contributed by atoms with Crippen molar-refractivity contribution in [1.29, 1.82) is 0 Å². The molecule has 1 N–H and O–H groups in total. The highest BCUT2D eigenvalue weighted by Crippen LogP contribution is 2.49. The van der Waals surface area contributed by atoms with Gasteiger partial charge in [0.15, 0.2) is 4.34 Å². The van der Waals surface area contributed by atoms with Crippen LogP contribution in [-0.4, -0.2) is 29.3 Å². The third kappa shape index (κ3) is 3.86. The Hall–Kier alpha value is -1.27. The van der Waals surface area contributed by atoms with E-state index in [2.05, 4.69) is 17.2 Å². The molecular weight excluding hydrogens is 364 g/mol. The number of ether oxygens (including phenoxy) is 1. The van der Waals surface area contributed by atoms with Crippen molar-refractivity contribution in [2.75, 3.05) is 12.4 Å². The SMILES string of the molecule is CCOc1ccc2nc(SCC(=O)N[C@H](C)[C@@H]3C[C@H]4CC[C@H]3C4)sc2c1. The molecule has 4 nitrogen and oxygen atoms in total. The highest BCUT2D eigenvalue weighted by atomic mass is 32.2. The zero-order valence-electron chi connectivity index (χ0n) is 15.4. The fourth-order valence-corrected chi connectivity index (χ4v) is 6.55. The number of hydrogen-bond donors (Lipinski definition) is 1. The maximum absolute atomic E-state index is 12.4. The van der Waals surface area contributed by atoms with Crippen LogP contribution in [-0.2, 0) is 4.79 Å². The number of nitrogens with one attached hydrogen (secondary N) is 1. The van der Waals surface area contributed by atoms with Crippen LogP contribution < -0.4 is 10.1 Å². The Balaban J connectivity index is 1.30. The van der Waals surface area contributed by atoms with Crippen molar-refractivity contribution in [3.8, 4) is 5.75 Å². The number of aromatic nitrogens is 1. The smallest absolute Gasteiger partial charge is 0.230 e. The van der Waals surface area contributed by atoms with Gasteiger partial charge in [0.2, 0.25) is 5.91 Å². The fraction of sp³-hybridized carbons (Fsp3) is 0.600. The van der Waals surface area contributed by atoms with Crippen molar-refractivity contribution >= 4 is 39.2 Å². The first kappa shape index (κ1) is 18.1. The molecule has 0 spiro atoms. The van der Waals surface area contributed by atoms with Gasteiger partial charge in [-0.15, -0.1) is 11.3 Å². The lowest BCUT2D eigenvalue weighted by Crippen LogP contribution is -2.40. The number of fused-ring (bicyclic) bond motifs is 3. The van der Waals surface area contributed by atoms with Crippen molar-refractivity contribution in [3.05, 3.63) is 18.2 Å². The zero-order chi connectivity index (χ0) is 18.1. The van der Waals surface area contributed by atoms with E-state index in [1.54, 1.807) is 11.3 Å². The van der Waals surface area contributed by atoms with Gasteiger partial charge in [-0.25, -0.2) is 4.98 Å². The molecule has 2 bridgehead atoms. The number of thioether (sulfide) groups is 1. The summed E-state index contributed by atoms with van der Waals surface area (Å²) in [7, 11) is 0. The van der Waals surface area contributed by atoms with Crippen LogP contribution in [0, 0.1) is 17.8 Å². The lowest BCUT2D eigenvalue weighted by atomic mass is 9.84. The summed E-state index contributed by atoms with van der Waals surface area (Å²) in [6.07, 6.45) is 5.45. The number of amides is 1. The minimum absolute atomic E-state index is 0.125. The molecule has 4 rings (SSSR count). The van der Waals surface area contributed by atoms with Gasteiger partial charge in [0.05, 0.1) is 22.6 Å². The van der Waals surface area contributed by atoms with E-state index in [0.717, 1.165) is 32.1 Å². The third-order valence-corrected chi connectivity index (χ3v) is 7.96. The molecule has 0 unspecified atom stereocenters. The van der Waals surface area contributed by atoms with Gasteiger partial charge in [-0.3, -0.25) is 4.79 Å². The molecule has 2 aliphatic carbocycles. The second-order valence-corrected chi connectivity index (χ2v) is 9.78. The number of benzene rings is 1. The van der Waals surface area contributed by atoms with E-state index >= 15 is 0 Å². The van der Waals surface area contributed by atoms with E-state index in [1.165, 1.54) is 37.4 Å². The van der Waals surface area contributed by atoms with E-state index in [9.17, 15) is 4.79 Å². The van der Waals surface area contributed by atoms with Crippen LogP contribution in [0.25, 0.3) is 10.2 Å². The van der Waals surface area contributed by atoms with Crippen molar-refractivity contribution < 1.29 is 9.53 Å². The van der Waals surface area contributed by atoms with Gasteiger partial charge < -0.3 is 10.1 Å². The Morgan fingerprint density at radius 2 is 2.31 bits per heavy atom. The maximum atomic E-state index is 12.4. The first-order valence-electron chi connectivity index (χ1n) is 9.58. The standard InChI is InChI=1S/C20H26N2O2S2/c1-3-24-15-6-7-17-18(10-15)26-20(22-17)25-11-19(23)21-12(2)16-9-13-4-5-14(16)8-13/h6-7,10,12-14,16H,3-5,8-9,11H2,1-2H3,(H,21,23)/t12-,13+,14+,16+/m1/s1. The van der Waals surface area contributed by atoms with Crippen LogP contribution in [0.2, 0.25) is 0 Å². The predicted molar refractivity (Wildman–Crippen MR) is 108 cm³/mol. The molecule has 1 aromatic carbocycles. The van der Waals surface area contributed by atoms with Gasteiger partial charge in [-0.1, -0.05) is 18.2 Å². The Morgan fingerprint density at radius 3 is 3.04 bits per heavy atom. The fourth-order valence-electron chi connectivity index (χ4n) is 4.64. The van der Waals surface area contributed by atoms with E-state index in [-0.39, 0.29) is 5.91 Å². The molecule has 1 aromatic heterocycles. The summed E-state index contributed by atoms with van der Waals surface area (Å²) in [6.45, 7) is 4.82. The van der Waals surface area contributed by atoms with E-state index in [0.29, 0.717) is 24.3 Å². The van der Waals surface area contributed by atoms with Gasteiger partial charge in [0.25, 0.3) is 0 Å². The molecule has 2 fully saturated rings. The lowest BCUT2D eigenvalue weighted by Gasteiger charge is -2.28. The minimum atomic E-state index is 0.125. The summed E-state index contributed by atoms with van der Waals surface area (Å²) < 4.78 is 7.59. The molecule has 6 heteroatoms. The number of hydrogen-bond acceptors (Lipinski definition) is 5. The van der Waals surface area contributed by atoms with Crippen LogP contribution in [0.15, 0.2) is 22.5 Å². The highest BCUT2D eigenvalue weighted by molar-refractivity contribution is 8.01. The van der Waals surface area contributed by atoms with Gasteiger partial charge in [-0.05, 0) is 69.1 Å². The van der Waals surface area contributed by atoms with Crippen LogP contribution >= 0.6 is 23.1 Å². The summed E-state index contributed by atoms with van der Waals surface area (Å²) in [6, 6.07) is 6.25. The van der Waals surface area contributed by atoms with Crippen molar-refractivity contribution in [2.24, 2.45) is 17.8 Å². The van der Waals surface area contributed by atoms with Crippen LogP contribution in [0.3, 0.4) is 0 Å². The number of nitrogens with zero attached hydrogens (tertiary/aromatic N) is 1. The van der Waals surface area contributed by atoms with E-state index in [4.69, 9.17) is 4.74 Å². The van der Waals surface area contributed by atoms with Gasteiger partial charge in [-0.2, -0.15) is 0 Å². The molecule has 0 radical (unpaired) electrons. The second kappa shape index (κ2) is 7.77. The van der Waals surface area contributed by atoms with Crippen LogP contribution in [0.4, 0.5) is 0 Å². The average Bonchev–Trinajstić information content (AvgIpc) is 3.34. The third-order valence-electron chi connectivity index (χ3n) is 5.80. The number of carbonyl (C=O) groups excluding carboxylic acids is 1. The Labute approximate surface area is 163 Å². The normalized spacial score (nSPS) is 25.5. The maximum Gasteiger partial charge on any atom is 0.230 e. The Morgan fingerprint density at radius 1 is 1.42 bits per heavy atom. The molecule has 4 atom stereocenters. The molecule has 1 heterocycles. The van der Waals surface area contributed by atoms with E-state index < -0.39 is 0 Å². The highest BCUT2D eigenvalue weighted by Gasteiger charge is 2.42. The van der Waals surface area contributed by atoms with Gasteiger partial charge in [0, 0.05) is 6.04 Å². The predicted octanol–water partition coefficient (Wildman–Crippen LogP) is 4.73. The first-order chi connectivity index (χ1) is 12.6. The minimum Gasteiger partial charge on any atom is -0.494 e. The molecule has 2 aliphatic rings. The summed E-state index contributed by atoms with van der Waals surface area (Å²) >= 11 is 3.15. The summed E-state index contributed by atoms with van der Waals surface area (Å²) in [5.74, 6) is 3.87. The topological polar surface area (TPSA) is 51.2 Å². The summed E-state index contributed by atoms with van der Waals surface area (Å²) in [5, 5.41) is 3.23. The molecule has 0 aliphatic heterocycles. The molecule has 2 aromatic rings. The van der Waals surface area contributed by atoms with Crippen LogP contribution in [0.1, 0.15) is 39.5 Å². The molecular formula is C20H26N2O2S2. The monoisotopic (exact) mass is 390 g/mol. The van der Waals surface area contributed by atoms with Gasteiger partial charge in [0.1, 0.15) is 5.75 Å². The van der Waals surface area contributed by atoms with Gasteiger partial charge >= 0.3 is 0 Å². The second-order valence-electron chi connectivity index (χ2n) is 7.53. The summed E-state index contributed by atoms with van der Waals surface area (Å²) in [5.41, 5.74) is 0.969. The van der Waals surface area contributed by atoms with Crippen LogP contribution in [0.5, 0.6) is 5.75 Å². The largest absolute Gasteiger partial charge is 0.494 e.